The summed E-state index contributed by atoms with van der Waals surface area (Å²) in [6, 6.07) is 9.99. The molecule has 154 valence electrons. The lowest BCUT2D eigenvalue weighted by Crippen LogP contribution is -2.39. The Morgan fingerprint density at radius 3 is 2.71 bits per heavy atom. The number of ether oxygens (including phenoxy) is 1. The average Bonchev–Trinajstić information content (AvgIpc) is 3.19. The van der Waals surface area contributed by atoms with Gasteiger partial charge in [0.2, 0.25) is 0 Å². The zero-order valence-electron chi connectivity index (χ0n) is 17.0. The van der Waals surface area contributed by atoms with Crippen LogP contribution in [0.2, 0.25) is 0 Å². The van der Waals surface area contributed by atoms with Gasteiger partial charge < -0.3 is 20.5 Å². The highest BCUT2D eigenvalue weighted by Crippen LogP contribution is 2.16. The zero-order valence-corrected chi connectivity index (χ0v) is 17.8. The summed E-state index contributed by atoms with van der Waals surface area (Å²) < 4.78 is 5.77. The van der Waals surface area contributed by atoms with Crippen LogP contribution in [0.25, 0.3) is 0 Å². The van der Waals surface area contributed by atoms with Gasteiger partial charge in [0.1, 0.15) is 0 Å². The van der Waals surface area contributed by atoms with Crippen molar-refractivity contribution in [3.05, 3.63) is 52.0 Å². The summed E-state index contributed by atoms with van der Waals surface area (Å²) in [6.45, 7) is 8.19. The molecule has 0 aliphatic heterocycles. The Balaban J connectivity index is 1.73. The molecular formula is C21H32N4O2S. The standard InChI is InChI=1S/C21H32N4O2S/c1-4-19-14-24-20(28-19)11-12-23-21(22-5-2)25-13-18(26)15-27-16(3)17-9-7-6-8-10-17/h6-10,14,16,18,26H,4-5,11-13,15H2,1-3H3,(H2,22,23,25). The molecule has 0 saturated carbocycles. The maximum atomic E-state index is 10.2. The highest BCUT2D eigenvalue weighted by atomic mass is 32.1. The summed E-state index contributed by atoms with van der Waals surface area (Å²) >= 11 is 1.76. The van der Waals surface area contributed by atoms with Crippen LogP contribution in [-0.4, -0.2) is 48.4 Å². The molecule has 0 amide bonds. The summed E-state index contributed by atoms with van der Waals surface area (Å²) in [7, 11) is 0. The van der Waals surface area contributed by atoms with Crippen LogP contribution in [0, 0.1) is 0 Å². The minimum atomic E-state index is -0.646. The monoisotopic (exact) mass is 404 g/mol. The number of nitrogens with one attached hydrogen (secondary N) is 2. The molecule has 1 heterocycles. The van der Waals surface area contributed by atoms with Crippen LogP contribution in [0.5, 0.6) is 0 Å². The van der Waals surface area contributed by atoms with E-state index in [1.54, 1.807) is 11.3 Å². The fourth-order valence-corrected chi connectivity index (χ4v) is 3.44. The van der Waals surface area contributed by atoms with Crippen molar-refractivity contribution < 1.29 is 9.84 Å². The van der Waals surface area contributed by atoms with E-state index in [1.165, 1.54) is 4.88 Å². The second kappa shape index (κ2) is 12.5. The third kappa shape index (κ3) is 7.96. The molecule has 2 aromatic rings. The van der Waals surface area contributed by atoms with Gasteiger partial charge in [0, 0.05) is 30.6 Å². The van der Waals surface area contributed by atoms with E-state index in [-0.39, 0.29) is 19.3 Å². The van der Waals surface area contributed by atoms with Crippen molar-refractivity contribution >= 4 is 17.3 Å². The van der Waals surface area contributed by atoms with Gasteiger partial charge in [-0.15, -0.1) is 11.3 Å². The topological polar surface area (TPSA) is 78.8 Å². The van der Waals surface area contributed by atoms with Crippen molar-refractivity contribution in [3.8, 4) is 0 Å². The Hall–Kier alpha value is -1.96. The van der Waals surface area contributed by atoms with E-state index in [0.717, 1.165) is 36.5 Å². The first-order chi connectivity index (χ1) is 13.6. The Bertz CT molecular complexity index is 705. The van der Waals surface area contributed by atoms with Gasteiger partial charge in [0.05, 0.1) is 30.4 Å². The number of rotatable bonds is 11. The Morgan fingerprint density at radius 2 is 2.04 bits per heavy atom. The van der Waals surface area contributed by atoms with Crippen molar-refractivity contribution in [2.24, 2.45) is 4.99 Å². The van der Waals surface area contributed by atoms with Crippen molar-refractivity contribution in [1.29, 1.82) is 0 Å². The van der Waals surface area contributed by atoms with E-state index < -0.39 is 6.10 Å². The number of nitrogens with zero attached hydrogens (tertiary/aromatic N) is 2. The van der Waals surface area contributed by atoms with Crippen LogP contribution in [0.4, 0.5) is 0 Å². The molecule has 2 rings (SSSR count). The summed E-state index contributed by atoms with van der Waals surface area (Å²) in [5, 5.41) is 17.8. The summed E-state index contributed by atoms with van der Waals surface area (Å²) in [6.07, 6.45) is 3.13. The van der Waals surface area contributed by atoms with E-state index >= 15 is 0 Å². The van der Waals surface area contributed by atoms with E-state index in [9.17, 15) is 5.11 Å². The minimum absolute atomic E-state index is 0.0579. The average molecular weight is 405 g/mol. The van der Waals surface area contributed by atoms with Crippen LogP contribution in [-0.2, 0) is 17.6 Å². The third-order valence-corrected chi connectivity index (χ3v) is 5.39. The number of aryl methyl sites for hydroxylation is 1. The van der Waals surface area contributed by atoms with Gasteiger partial charge in [-0.3, -0.25) is 4.99 Å². The number of aliphatic hydroxyl groups is 1. The molecule has 0 aliphatic rings. The van der Waals surface area contributed by atoms with Crippen molar-refractivity contribution in [1.82, 2.24) is 15.6 Å². The van der Waals surface area contributed by atoms with E-state index in [2.05, 4.69) is 27.5 Å². The second-order valence-electron chi connectivity index (χ2n) is 6.51. The quantitative estimate of drug-likeness (QED) is 0.396. The molecule has 7 heteroatoms. The summed E-state index contributed by atoms with van der Waals surface area (Å²) in [4.78, 5) is 10.2. The van der Waals surface area contributed by atoms with E-state index in [0.29, 0.717) is 5.96 Å². The van der Waals surface area contributed by atoms with Crippen LogP contribution < -0.4 is 10.6 Å². The molecule has 28 heavy (non-hydrogen) atoms. The van der Waals surface area contributed by atoms with Crippen LogP contribution in [0.1, 0.15) is 42.3 Å². The number of benzene rings is 1. The van der Waals surface area contributed by atoms with Gasteiger partial charge in [-0.2, -0.15) is 0 Å². The van der Waals surface area contributed by atoms with Crippen molar-refractivity contribution in [2.45, 2.75) is 45.8 Å². The number of aliphatic hydroxyl groups excluding tert-OH is 1. The predicted molar refractivity (Wildman–Crippen MR) is 116 cm³/mol. The molecule has 0 saturated heterocycles. The molecule has 2 atom stereocenters. The lowest BCUT2D eigenvalue weighted by atomic mass is 10.1. The van der Waals surface area contributed by atoms with Crippen LogP contribution in [0.3, 0.4) is 0 Å². The SMILES string of the molecule is CCNC(=NCC(O)COC(C)c1ccccc1)NCCc1ncc(CC)s1. The highest BCUT2D eigenvalue weighted by molar-refractivity contribution is 7.11. The molecule has 1 aromatic heterocycles. The zero-order chi connectivity index (χ0) is 20.2. The third-order valence-electron chi connectivity index (χ3n) is 4.19. The van der Waals surface area contributed by atoms with Gasteiger partial charge in [-0.1, -0.05) is 37.3 Å². The maximum absolute atomic E-state index is 10.2. The number of hydrogen-bond donors (Lipinski definition) is 3. The number of aliphatic imine (C=N–C) groups is 1. The molecule has 1 aromatic carbocycles. The molecule has 0 aliphatic carbocycles. The highest BCUT2D eigenvalue weighted by Gasteiger charge is 2.10. The van der Waals surface area contributed by atoms with Gasteiger partial charge in [0.25, 0.3) is 0 Å². The molecule has 0 radical (unpaired) electrons. The Kier molecular flexibility index (Phi) is 9.96. The second-order valence-corrected chi connectivity index (χ2v) is 7.71. The van der Waals surface area contributed by atoms with Crippen LogP contribution in [0.15, 0.2) is 41.5 Å². The molecular weight excluding hydrogens is 372 g/mol. The van der Waals surface area contributed by atoms with Gasteiger partial charge in [-0.25, -0.2) is 4.98 Å². The lowest BCUT2D eigenvalue weighted by Gasteiger charge is -2.16. The van der Waals surface area contributed by atoms with E-state index in [4.69, 9.17) is 4.74 Å². The van der Waals surface area contributed by atoms with Gasteiger partial charge in [0.15, 0.2) is 5.96 Å². The van der Waals surface area contributed by atoms with Crippen LogP contribution >= 0.6 is 11.3 Å². The summed E-state index contributed by atoms with van der Waals surface area (Å²) in [5.74, 6) is 0.699. The van der Waals surface area contributed by atoms with Crippen molar-refractivity contribution in [3.63, 3.8) is 0 Å². The molecule has 2 unspecified atom stereocenters. The first-order valence-corrected chi connectivity index (χ1v) is 10.7. The van der Waals surface area contributed by atoms with Crippen molar-refractivity contribution in [2.75, 3.05) is 26.2 Å². The molecule has 0 fully saturated rings. The Morgan fingerprint density at radius 1 is 1.25 bits per heavy atom. The fourth-order valence-electron chi connectivity index (χ4n) is 2.58. The molecule has 6 nitrogen and oxygen atoms in total. The van der Waals surface area contributed by atoms with Gasteiger partial charge in [-0.05, 0) is 25.8 Å². The number of hydrogen-bond acceptors (Lipinski definition) is 5. The minimum Gasteiger partial charge on any atom is -0.389 e. The lowest BCUT2D eigenvalue weighted by molar-refractivity contribution is 0.00112. The Labute approximate surface area is 172 Å². The molecule has 0 spiro atoms. The number of thiazole rings is 1. The largest absolute Gasteiger partial charge is 0.389 e. The number of aromatic nitrogens is 1. The predicted octanol–water partition coefficient (Wildman–Crippen LogP) is 2.94. The molecule has 0 bridgehead atoms. The first-order valence-electron chi connectivity index (χ1n) is 9.92. The smallest absolute Gasteiger partial charge is 0.191 e. The number of guanidine groups is 1. The molecule has 3 N–H and O–H groups in total. The summed E-state index contributed by atoms with van der Waals surface area (Å²) in [5.41, 5.74) is 1.10. The fraction of sp³-hybridized carbons (Fsp3) is 0.524. The van der Waals surface area contributed by atoms with Gasteiger partial charge >= 0.3 is 0 Å². The maximum Gasteiger partial charge on any atom is 0.191 e. The first kappa shape index (κ1) is 22.3. The normalized spacial score (nSPS) is 13.9. The van der Waals surface area contributed by atoms with E-state index in [1.807, 2.05) is 50.4 Å².